The van der Waals surface area contributed by atoms with Crippen LogP contribution in [0.1, 0.15) is 33.5 Å². The summed E-state index contributed by atoms with van der Waals surface area (Å²) in [6, 6.07) is 11.5. The van der Waals surface area contributed by atoms with Crippen LogP contribution in [-0.2, 0) is 29.0 Å². The maximum absolute atomic E-state index is 13.3. The number of nitrogens with zero attached hydrogens (tertiary/aromatic N) is 1. The van der Waals surface area contributed by atoms with Gasteiger partial charge in [-0.15, -0.1) is 0 Å². The van der Waals surface area contributed by atoms with Crippen molar-refractivity contribution >= 4 is 22.7 Å². The topological polar surface area (TPSA) is 79.2 Å². The molecule has 1 aromatic heterocycles. The first-order chi connectivity index (χ1) is 13.4. The Balaban J connectivity index is 1.70. The molecule has 0 aliphatic carbocycles. The van der Waals surface area contributed by atoms with E-state index in [1.54, 1.807) is 4.90 Å². The van der Waals surface area contributed by atoms with Gasteiger partial charge in [-0.3, -0.25) is 9.59 Å². The van der Waals surface area contributed by atoms with Crippen molar-refractivity contribution in [1.82, 2.24) is 9.88 Å². The van der Waals surface area contributed by atoms with Crippen LogP contribution in [0.4, 0.5) is 0 Å². The van der Waals surface area contributed by atoms with E-state index in [2.05, 4.69) is 31.0 Å². The fourth-order valence-electron chi connectivity index (χ4n) is 4.32. The largest absolute Gasteiger partial charge is 0.368 e. The fraction of sp³-hybridized carbons (Fsp3) is 0.304. The molecule has 0 spiro atoms. The van der Waals surface area contributed by atoms with E-state index < -0.39 is 11.9 Å². The third-order valence-electron chi connectivity index (χ3n) is 5.91. The van der Waals surface area contributed by atoms with Gasteiger partial charge in [0.25, 0.3) is 0 Å². The molecule has 2 heterocycles. The number of carbonyl (C=O) groups is 2. The Kier molecular flexibility index (Phi) is 4.46. The number of carbonyl (C=O) groups excluding carboxylic acids is 2. The summed E-state index contributed by atoms with van der Waals surface area (Å²) in [6.07, 6.45) is 0.727. The van der Waals surface area contributed by atoms with Crippen molar-refractivity contribution in [2.45, 2.75) is 46.2 Å². The smallest absolute Gasteiger partial charge is 0.240 e. The summed E-state index contributed by atoms with van der Waals surface area (Å²) < 4.78 is 0. The summed E-state index contributed by atoms with van der Waals surface area (Å²) in [5.41, 5.74) is 13.2. The van der Waals surface area contributed by atoms with E-state index in [1.165, 1.54) is 0 Å². The Labute approximate surface area is 164 Å². The van der Waals surface area contributed by atoms with Crippen molar-refractivity contribution in [3.05, 3.63) is 69.9 Å². The summed E-state index contributed by atoms with van der Waals surface area (Å²) in [6.45, 7) is 6.54. The molecule has 3 aromatic rings. The zero-order chi connectivity index (χ0) is 20.0. The first-order valence-corrected chi connectivity index (χ1v) is 9.59. The van der Waals surface area contributed by atoms with Gasteiger partial charge in [-0.05, 0) is 48.6 Å². The molecule has 4 rings (SSSR count). The molecule has 144 valence electrons. The summed E-state index contributed by atoms with van der Waals surface area (Å²) in [5, 5.41) is 1.11. The number of nitrogens with two attached hydrogens (primary N) is 1. The number of primary amides is 1. The number of aromatic amines is 1. The molecule has 1 aliphatic rings. The maximum Gasteiger partial charge on any atom is 0.240 e. The van der Waals surface area contributed by atoms with Crippen LogP contribution in [0.25, 0.3) is 10.9 Å². The maximum atomic E-state index is 13.3. The van der Waals surface area contributed by atoms with Crippen molar-refractivity contribution in [3.63, 3.8) is 0 Å². The molecule has 0 radical (unpaired) electrons. The van der Waals surface area contributed by atoms with E-state index in [0.717, 1.165) is 44.4 Å². The molecule has 3 N–H and O–H groups in total. The molecule has 1 aliphatic heterocycles. The highest BCUT2D eigenvalue weighted by atomic mass is 16.2. The number of aromatic nitrogens is 1. The third-order valence-corrected chi connectivity index (χ3v) is 5.91. The predicted octanol–water partition coefficient (Wildman–Crippen LogP) is 3.07. The second-order valence-electron chi connectivity index (χ2n) is 7.77. The fourth-order valence-corrected chi connectivity index (χ4v) is 4.32. The average molecular weight is 375 g/mol. The van der Waals surface area contributed by atoms with Gasteiger partial charge < -0.3 is 15.6 Å². The first-order valence-electron chi connectivity index (χ1n) is 9.59. The first kappa shape index (κ1) is 18.3. The number of nitrogens with one attached hydrogen (secondary N) is 1. The molecule has 2 amide bonds. The van der Waals surface area contributed by atoms with E-state index >= 15 is 0 Å². The van der Waals surface area contributed by atoms with Gasteiger partial charge in [0.15, 0.2) is 0 Å². The molecule has 0 fully saturated rings. The van der Waals surface area contributed by atoms with Gasteiger partial charge in [0, 0.05) is 29.6 Å². The minimum atomic E-state index is -0.601. The molecular weight excluding hydrogens is 350 g/mol. The van der Waals surface area contributed by atoms with Gasteiger partial charge in [0.2, 0.25) is 11.8 Å². The monoisotopic (exact) mass is 375 g/mol. The summed E-state index contributed by atoms with van der Waals surface area (Å²) in [7, 11) is 0. The molecule has 2 aromatic carbocycles. The molecule has 28 heavy (non-hydrogen) atoms. The van der Waals surface area contributed by atoms with Crippen molar-refractivity contribution in [1.29, 1.82) is 0 Å². The zero-order valence-electron chi connectivity index (χ0n) is 16.5. The Hall–Kier alpha value is -3.08. The van der Waals surface area contributed by atoms with Crippen molar-refractivity contribution in [2.24, 2.45) is 5.73 Å². The Morgan fingerprint density at radius 2 is 1.75 bits per heavy atom. The van der Waals surface area contributed by atoms with Crippen LogP contribution in [0.3, 0.4) is 0 Å². The predicted molar refractivity (Wildman–Crippen MR) is 110 cm³/mol. The zero-order valence-corrected chi connectivity index (χ0v) is 16.5. The summed E-state index contributed by atoms with van der Waals surface area (Å²) in [5.74, 6) is -0.520. The highest BCUT2D eigenvalue weighted by molar-refractivity contribution is 5.95. The average Bonchev–Trinajstić information content (AvgIpc) is 3.01. The molecule has 1 unspecified atom stereocenters. The standard InChI is InChI=1S/C23H25N3O2/c1-13-8-9-14(2)22-21(13)18(15(3)25-22)11-20(27)26-12-17-7-5-4-6-16(17)10-19(26)23(24)28/h4-9,19,25H,10-12H2,1-3H3,(H2,24,28). The molecule has 0 saturated carbocycles. The Bertz CT molecular complexity index is 1100. The molecule has 0 bridgehead atoms. The highest BCUT2D eigenvalue weighted by Gasteiger charge is 2.33. The molecular formula is C23H25N3O2. The van der Waals surface area contributed by atoms with Crippen molar-refractivity contribution in [3.8, 4) is 0 Å². The van der Waals surface area contributed by atoms with E-state index in [1.807, 2.05) is 31.2 Å². The minimum Gasteiger partial charge on any atom is -0.368 e. The van der Waals surface area contributed by atoms with E-state index in [4.69, 9.17) is 5.73 Å². The van der Waals surface area contributed by atoms with Crippen LogP contribution in [-0.4, -0.2) is 27.7 Å². The quantitative estimate of drug-likeness (QED) is 0.738. The van der Waals surface area contributed by atoms with Gasteiger partial charge in [-0.25, -0.2) is 0 Å². The number of hydrogen-bond donors (Lipinski definition) is 2. The van der Waals surface area contributed by atoms with E-state index in [9.17, 15) is 9.59 Å². The Morgan fingerprint density at radius 3 is 2.46 bits per heavy atom. The normalized spacial score (nSPS) is 16.2. The number of benzene rings is 2. The number of aryl methyl sites for hydroxylation is 3. The summed E-state index contributed by atoms with van der Waals surface area (Å²) in [4.78, 5) is 30.4. The molecule has 1 atom stereocenters. The van der Waals surface area contributed by atoms with Gasteiger partial charge in [0.05, 0.1) is 6.42 Å². The second kappa shape index (κ2) is 6.82. The van der Waals surface area contributed by atoms with E-state index in [0.29, 0.717) is 13.0 Å². The van der Waals surface area contributed by atoms with Crippen LogP contribution < -0.4 is 5.73 Å². The van der Waals surface area contributed by atoms with Crippen LogP contribution in [0.15, 0.2) is 36.4 Å². The van der Waals surface area contributed by atoms with E-state index in [-0.39, 0.29) is 12.3 Å². The van der Waals surface area contributed by atoms with Crippen LogP contribution >= 0.6 is 0 Å². The number of rotatable bonds is 3. The van der Waals surface area contributed by atoms with Gasteiger partial charge in [0.1, 0.15) is 6.04 Å². The minimum absolute atomic E-state index is 0.0665. The van der Waals surface area contributed by atoms with Crippen molar-refractivity contribution < 1.29 is 9.59 Å². The lowest BCUT2D eigenvalue weighted by molar-refractivity contribution is -0.140. The molecule has 0 saturated heterocycles. The molecule has 5 nitrogen and oxygen atoms in total. The summed E-state index contributed by atoms with van der Waals surface area (Å²) >= 11 is 0. The van der Waals surface area contributed by atoms with Gasteiger partial charge in [-0.1, -0.05) is 36.4 Å². The van der Waals surface area contributed by atoms with Gasteiger partial charge >= 0.3 is 0 Å². The number of hydrogen-bond acceptors (Lipinski definition) is 2. The number of fused-ring (bicyclic) bond motifs is 2. The van der Waals surface area contributed by atoms with Crippen molar-refractivity contribution in [2.75, 3.05) is 0 Å². The highest BCUT2D eigenvalue weighted by Crippen LogP contribution is 2.30. The second-order valence-corrected chi connectivity index (χ2v) is 7.77. The third kappa shape index (κ3) is 2.97. The lowest BCUT2D eigenvalue weighted by Crippen LogP contribution is -2.51. The lowest BCUT2D eigenvalue weighted by Gasteiger charge is -2.35. The van der Waals surface area contributed by atoms with Crippen LogP contribution in [0.2, 0.25) is 0 Å². The van der Waals surface area contributed by atoms with Crippen LogP contribution in [0.5, 0.6) is 0 Å². The SMILES string of the molecule is Cc1[nH]c2c(C)ccc(C)c2c1CC(=O)N1Cc2ccccc2CC1C(N)=O. The van der Waals surface area contributed by atoms with Gasteiger partial charge in [-0.2, -0.15) is 0 Å². The van der Waals surface area contributed by atoms with Crippen LogP contribution in [0, 0.1) is 20.8 Å². The number of amides is 2. The number of H-pyrrole nitrogens is 1. The Morgan fingerprint density at radius 1 is 1.07 bits per heavy atom. The molecule has 5 heteroatoms. The lowest BCUT2D eigenvalue weighted by atomic mass is 9.92.